The number of rotatable bonds is 5. The molecule has 5 heteroatoms. The minimum absolute atomic E-state index is 0.271. The zero-order chi connectivity index (χ0) is 15.5. The van der Waals surface area contributed by atoms with Crippen LogP contribution in [0.5, 0.6) is 0 Å². The van der Waals surface area contributed by atoms with Gasteiger partial charge in [-0.25, -0.2) is 0 Å². The predicted molar refractivity (Wildman–Crippen MR) is 79.2 cm³/mol. The largest absolute Gasteiger partial charge is 0.391 e. The predicted octanol–water partition coefficient (Wildman–Crippen LogP) is 3.82. The monoisotopic (exact) mass is 306 g/mol. The van der Waals surface area contributed by atoms with Crippen LogP contribution >= 0.6 is 0 Å². The molecule has 1 saturated carbocycles. The van der Waals surface area contributed by atoms with Crippen LogP contribution in [0.4, 0.5) is 13.2 Å². The van der Waals surface area contributed by atoms with E-state index in [-0.39, 0.29) is 18.9 Å². The summed E-state index contributed by atoms with van der Waals surface area (Å²) < 4.78 is 38.0. The molecule has 0 aromatic heterocycles. The number of hydrogen-bond acceptors (Lipinski definition) is 2. The second-order valence-electron chi connectivity index (χ2n) is 7.05. The first-order chi connectivity index (χ1) is 9.88. The lowest BCUT2D eigenvalue weighted by Gasteiger charge is -2.35. The molecule has 1 heterocycles. The molecule has 0 aromatic rings. The minimum atomic E-state index is -4.00. The van der Waals surface area contributed by atoms with Gasteiger partial charge in [0.1, 0.15) is 0 Å². The lowest BCUT2D eigenvalue weighted by molar-refractivity contribution is -0.182. The summed E-state index contributed by atoms with van der Waals surface area (Å²) in [5, 5.41) is 3.54. The Morgan fingerprint density at radius 1 is 1.05 bits per heavy atom. The number of nitrogens with one attached hydrogen (secondary N) is 1. The Labute approximate surface area is 126 Å². The van der Waals surface area contributed by atoms with Crippen molar-refractivity contribution in [1.82, 2.24) is 10.2 Å². The van der Waals surface area contributed by atoms with E-state index in [9.17, 15) is 13.2 Å². The molecule has 1 aliphatic heterocycles. The third kappa shape index (κ3) is 4.85. The average Bonchev–Trinajstić information content (AvgIpc) is 2.92. The van der Waals surface area contributed by atoms with Crippen molar-refractivity contribution < 1.29 is 13.2 Å². The second-order valence-corrected chi connectivity index (χ2v) is 7.05. The zero-order valence-corrected chi connectivity index (χ0v) is 13.3. The number of nitrogens with zero attached hydrogens (tertiary/aromatic N) is 1. The molecule has 2 aliphatic rings. The fourth-order valence-electron chi connectivity index (χ4n) is 3.77. The molecule has 0 spiro atoms. The van der Waals surface area contributed by atoms with Crippen LogP contribution in [-0.4, -0.2) is 42.8 Å². The quantitative estimate of drug-likeness (QED) is 0.831. The molecule has 1 saturated heterocycles. The molecule has 0 radical (unpaired) electrons. The molecule has 1 aliphatic carbocycles. The van der Waals surface area contributed by atoms with Crippen LogP contribution in [0.15, 0.2) is 0 Å². The van der Waals surface area contributed by atoms with E-state index in [0.717, 1.165) is 6.54 Å². The molecule has 1 unspecified atom stereocenters. The van der Waals surface area contributed by atoms with E-state index in [4.69, 9.17) is 0 Å². The lowest BCUT2D eigenvalue weighted by Crippen LogP contribution is -2.47. The van der Waals surface area contributed by atoms with Gasteiger partial charge in [0.2, 0.25) is 0 Å². The number of hydrogen-bond donors (Lipinski definition) is 1. The van der Waals surface area contributed by atoms with Gasteiger partial charge in [-0.15, -0.1) is 0 Å². The van der Waals surface area contributed by atoms with Crippen LogP contribution in [0, 0.1) is 11.8 Å². The third-order valence-corrected chi connectivity index (χ3v) is 5.18. The first-order valence-corrected chi connectivity index (χ1v) is 8.42. The number of halogens is 3. The second kappa shape index (κ2) is 7.32. The normalized spacial score (nSPS) is 30.0. The third-order valence-electron chi connectivity index (χ3n) is 5.18. The molecule has 1 atom stereocenters. The maximum atomic E-state index is 12.7. The van der Waals surface area contributed by atoms with Gasteiger partial charge >= 0.3 is 6.18 Å². The molecule has 21 heavy (non-hydrogen) atoms. The summed E-state index contributed by atoms with van der Waals surface area (Å²) in [5.74, 6) is -0.489. The van der Waals surface area contributed by atoms with E-state index in [1.54, 1.807) is 0 Å². The van der Waals surface area contributed by atoms with Gasteiger partial charge in [0, 0.05) is 18.6 Å². The smallest absolute Gasteiger partial charge is 0.312 e. The highest BCUT2D eigenvalue weighted by atomic mass is 19.4. The molecule has 0 bridgehead atoms. The molecule has 2 rings (SSSR count). The SMILES string of the molecule is CC(C)C(CNC1CCC(C(F)(F)F)CC1)N1CCCC1. The van der Waals surface area contributed by atoms with E-state index in [0.29, 0.717) is 24.8 Å². The highest BCUT2D eigenvalue weighted by Crippen LogP contribution is 2.37. The summed E-state index contributed by atoms with van der Waals surface area (Å²) in [5.41, 5.74) is 0. The van der Waals surface area contributed by atoms with Gasteiger partial charge in [0.05, 0.1) is 5.92 Å². The van der Waals surface area contributed by atoms with Crippen LogP contribution in [0.25, 0.3) is 0 Å². The van der Waals surface area contributed by atoms with Crippen LogP contribution in [-0.2, 0) is 0 Å². The van der Waals surface area contributed by atoms with Crippen molar-refractivity contribution in [2.24, 2.45) is 11.8 Å². The van der Waals surface area contributed by atoms with Gasteiger partial charge in [0.15, 0.2) is 0 Å². The maximum Gasteiger partial charge on any atom is 0.391 e. The molecule has 0 amide bonds. The molecule has 1 N–H and O–H groups in total. The maximum absolute atomic E-state index is 12.7. The van der Waals surface area contributed by atoms with Gasteiger partial charge < -0.3 is 5.32 Å². The van der Waals surface area contributed by atoms with Crippen LogP contribution in [0.1, 0.15) is 52.4 Å². The Morgan fingerprint density at radius 2 is 1.62 bits per heavy atom. The van der Waals surface area contributed by atoms with Crippen LogP contribution in [0.3, 0.4) is 0 Å². The Balaban J connectivity index is 1.75. The fraction of sp³-hybridized carbons (Fsp3) is 1.00. The Morgan fingerprint density at radius 3 is 2.10 bits per heavy atom. The van der Waals surface area contributed by atoms with Crippen LogP contribution in [0.2, 0.25) is 0 Å². The van der Waals surface area contributed by atoms with Gasteiger partial charge in [-0.1, -0.05) is 13.8 Å². The van der Waals surface area contributed by atoms with Crippen molar-refractivity contribution >= 4 is 0 Å². The zero-order valence-electron chi connectivity index (χ0n) is 13.3. The van der Waals surface area contributed by atoms with Crippen molar-refractivity contribution in [3.05, 3.63) is 0 Å². The van der Waals surface area contributed by atoms with Crippen molar-refractivity contribution in [3.63, 3.8) is 0 Å². The molecular formula is C16H29F3N2. The summed E-state index contributed by atoms with van der Waals surface area (Å²) in [6.07, 6.45) is 0.458. The summed E-state index contributed by atoms with van der Waals surface area (Å²) in [6.45, 7) is 7.74. The van der Waals surface area contributed by atoms with Crippen molar-refractivity contribution in [2.45, 2.75) is 70.6 Å². The summed E-state index contributed by atoms with van der Waals surface area (Å²) >= 11 is 0. The van der Waals surface area contributed by atoms with Gasteiger partial charge in [-0.2, -0.15) is 13.2 Å². The molecular weight excluding hydrogens is 277 g/mol. The van der Waals surface area contributed by atoms with E-state index in [1.165, 1.54) is 25.9 Å². The topological polar surface area (TPSA) is 15.3 Å². The Hall–Kier alpha value is -0.290. The molecule has 0 aromatic carbocycles. The highest BCUT2D eigenvalue weighted by Gasteiger charge is 2.41. The average molecular weight is 306 g/mol. The van der Waals surface area contributed by atoms with E-state index < -0.39 is 12.1 Å². The van der Waals surface area contributed by atoms with Crippen molar-refractivity contribution in [3.8, 4) is 0 Å². The Kier molecular flexibility index (Phi) is 5.95. The van der Waals surface area contributed by atoms with Gasteiger partial charge in [-0.3, -0.25) is 4.90 Å². The highest BCUT2D eigenvalue weighted by molar-refractivity contribution is 4.85. The van der Waals surface area contributed by atoms with E-state index in [2.05, 4.69) is 24.1 Å². The standard InChI is InChI=1S/C16H29F3N2/c1-12(2)15(21-9-3-4-10-21)11-20-14-7-5-13(6-8-14)16(17,18)19/h12-15,20H,3-11H2,1-2H3. The Bertz CT molecular complexity index is 303. The summed E-state index contributed by atoms with van der Waals surface area (Å²) in [7, 11) is 0. The molecule has 2 nitrogen and oxygen atoms in total. The van der Waals surface area contributed by atoms with Crippen molar-refractivity contribution in [2.75, 3.05) is 19.6 Å². The lowest BCUT2D eigenvalue weighted by atomic mass is 9.85. The minimum Gasteiger partial charge on any atom is -0.312 e. The van der Waals surface area contributed by atoms with Crippen LogP contribution < -0.4 is 5.32 Å². The first kappa shape index (κ1) is 17.1. The molecule has 2 fully saturated rings. The van der Waals surface area contributed by atoms with E-state index >= 15 is 0 Å². The summed E-state index contributed by atoms with van der Waals surface area (Å²) in [4.78, 5) is 2.54. The van der Waals surface area contributed by atoms with E-state index in [1.807, 2.05) is 0 Å². The summed E-state index contributed by atoms with van der Waals surface area (Å²) in [6, 6.07) is 0.792. The van der Waals surface area contributed by atoms with Crippen molar-refractivity contribution in [1.29, 1.82) is 0 Å². The fourth-order valence-corrected chi connectivity index (χ4v) is 3.77. The molecule has 124 valence electrons. The first-order valence-electron chi connectivity index (χ1n) is 8.42. The van der Waals surface area contributed by atoms with Gasteiger partial charge in [0.25, 0.3) is 0 Å². The number of alkyl halides is 3. The number of likely N-dealkylation sites (tertiary alicyclic amines) is 1. The van der Waals surface area contributed by atoms with Gasteiger partial charge in [-0.05, 0) is 57.5 Å².